The van der Waals surface area contributed by atoms with Crippen molar-refractivity contribution in [2.45, 2.75) is 25.0 Å². The van der Waals surface area contributed by atoms with E-state index in [0.29, 0.717) is 11.1 Å². The first kappa shape index (κ1) is 25.8. The number of Topliss-reactive ketones (excluding diaryl/α,β-unsaturated/α-hetero) is 1. The molecule has 0 bridgehead atoms. The van der Waals surface area contributed by atoms with Gasteiger partial charge in [0.05, 0.1) is 6.04 Å². The lowest BCUT2D eigenvalue weighted by molar-refractivity contribution is -0.118. The summed E-state index contributed by atoms with van der Waals surface area (Å²) in [4.78, 5) is 28.3. The van der Waals surface area contributed by atoms with Gasteiger partial charge in [-0.15, -0.1) is 0 Å². The molecule has 198 valence electrons. The lowest BCUT2D eigenvalue weighted by Gasteiger charge is -2.29. The summed E-state index contributed by atoms with van der Waals surface area (Å²) in [5.74, 6) is -2.53. The zero-order valence-electron chi connectivity index (χ0n) is 20.7. The van der Waals surface area contributed by atoms with E-state index >= 15 is 0 Å². The number of aliphatic hydroxyl groups is 1. The Morgan fingerprint density at radius 3 is 2.45 bits per heavy atom. The first-order chi connectivity index (χ1) is 18.4. The highest BCUT2D eigenvalue weighted by molar-refractivity contribution is 6.43. The van der Waals surface area contributed by atoms with Crippen LogP contribution in [0.4, 0.5) is 8.78 Å². The minimum absolute atomic E-state index is 0.0106. The Labute approximate surface area is 219 Å². The van der Waals surface area contributed by atoms with E-state index < -0.39 is 29.7 Å². The van der Waals surface area contributed by atoms with Crippen LogP contribution in [0.15, 0.2) is 60.7 Å². The van der Waals surface area contributed by atoms with Crippen LogP contribution in [0, 0.1) is 11.6 Å². The average molecular weight is 523 g/mol. The molecule has 3 aromatic carbocycles. The summed E-state index contributed by atoms with van der Waals surface area (Å²) >= 11 is 0. The van der Waals surface area contributed by atoms with E-state index in [-0.39, 0.29) is 48.2 Å². The van der Waals surface area contributed by atoms with E-state index in [2.05, 4.69) is 10.2 Å². The number of nitrogens with one attached hydrogen (secondary N) is 1. The van der Waals surface area contributed by atoms with Gasteiger partial charge in [-0.05, 0) is 73.0 Å². The van der Waals surface area contributed by atoms with Gasteiger partial charge in [0.1, 0.15) is 25.1 Å². The summed E-state index contributed by atoms with van der Waals surface area (Å²) in [7, 11) is 0. The summed E-state index contributed by atoms with van der Waals surface area (Å²) in [5, 5.41) is 13.9. The quantitative estimate of drug-likeness (QED) is 0.345. The summed E-state index contributed by atoms with van der Waals surface area (Å²) in [6, 6.07) is 14.1. The Kier molecular flexibility index (Phi) is 7.67. The van der Waals surface area contributed by atoms with Crippen molar-refractivity contribution in [1.29, 1.82) is 0 Å². The minimum atomic E-state index is -1.30. The number of ketones is 1. The molecule has 2 heterocycles. The molecule has 3 aromatic rings. The molecule has 7 nitrogen and oxygen atoms in total. The lowest BCUT2D eigenvalue weighted by atomic mass is 9.99. The SMILES string of the molecule is O=C(N[C@H](CN1CCCC1)[C@@H](O)c1cc(F)c2c(c1)OCCO2)C(=O)c1cccc(-c2ccc(F)cc2)c1. The number of fused-ring (bicyclic) bond motifs is 1. The number of ether oxygens (including phenoxy) is 2. The highest BCUT2D eigenvalue weighted by Gasteiger charge is 2.31. The van der Waals surface area contributed by atoms with Crippen LogP contribution in [0.1, 0.15) is 34.9 Å². The van der Waals surface area contributed by atoms with Gasteiger partial charge in [0.25, 0.3) is 5.91 Å². The smallest absolute Gasteiger partial charge is 0.292 e. The molecule has 2 aliphatic heterocycles. The van der Waals surface area contributed by atoms with E-state index in [4.69, 9.17) is 9.47 Å². The highest BCUT2D eigenvalue weighted by Crippen LogP contribution is 2.36. The van der Waals surface area contributed by atoms with Crippen LogP contribution < -0.4 is 14.8 Å². The highest BCUT2D eigenvalue weighted by atomic mass is 19.1. The van der Waals surface area contributed by atoms with Crippen molar-refractivity contribution in [3.8, 4) is 22.6 Å². The fourth-order valence-corrected chi connectivity index (χ4v) is 4.85. The predicted octanol–water partition coefficient (Wildman–Crippen LogP) is 3.90. The normalized spacial score (nSPS) is 16.6. The van der Waals surface area contributed by atoms with Crippen LogP contribution in [0.3, 0.4) is 0 Å². The molecule has 0 aliphatic carbocycles. The Morgan fingerprint density at radius 2 is 1.68 bits per heavy atom. The second kappa shape index (κ2) is 11.3. The number of carbonyl (C=O) groups excluding carboxylic acids is 2. The first-order valence-electron chi connectivity index (χ1n) is 12.6. The topological polar surface area (TPSA) is 88.1 Å². The second-order valence-corrected chi connectivity index (χ2v) is 9.48. The molecule has 0 spiro atoms. The molecule has 0 aromatic heterocycles. The summed E-state index contributed by atoms with van der Waals surface area (Å²) in [5.41, 5.74) is 1.72. The number of aliphatic hydroxyl groups excluding tert-OH is 1. The van der Waals surface area contributed by atoms with Gasteiger partial charge < -0.3 is 24.8 Å². The van der Waals surface area contributed by atoms with E-state index in [1.807, 2.05) is 0 Å². The molecular weight excluding hydrogens is 494 g/mol. The van der Waals surface area contributed by atoms with Crippen LogP contribution >= 0.6 is 0 Å². The zero-order valence-corrected chi connectivity index (χ0v) is 20.7. The number of nitrogens with zero attached hydrogens (tertiary/aromatic N) is 1. The van der Waals surface area contributed by atoms with Gasteiger partial charge in [0.2, 0.25) is 5.78 Å². The lowest BCUT2D eigenvalue weighted by Crippen LogP contribution is -2.48. The number of carbonyl (C=O) groups is 2. The van der Waals surface area contributed by atoms with Crippen molar-refractivity contribution in [3.63, 3.8) is 0 Å². The molecule has 2 aliphatic rings. The number of likely N-dealkylation sites (tertiary alicyclic amines) is 1. The van der Waals surface area contributed by atoms with Crippen molar-refractivity contribution in [2.75, 3.05) is 32.8 Å². The third-order valence-electron chi connectivity index (χ3n) is 6.82. The van der Waals surface area contributed by atoms with Gasteiger partial charge in [0.15, 0.2) is 17.3 Å². The molecule has 2 atom stereocenters. The number of halogens is 2. The van der Waals surface area contributed by atoms with E-state index in [9.17, 15) is 23.5 Å². The summed E-state index contributed by atoms with van der Waals surface area (Å²) in [6.45, 7) is 2.35. The molecule has 1 saturated heterocycles. The van der Waals surface area contributed by atoms with Gasteiger partial charge in [-0.3, -0.25) is 9.59 Å². The molecule has 2 N–H and O–H groups in total. The van der Waals surface area contributed by atoms with Crippen molar-refractivity contribution in [2.24, 2.45) is 0 Å². The Balaban J connectivity index is 1.37. The maximum absolute atomic E-state index is 14.7. The van der Waals surface area contributed by atoms with E-state index in [0.717, 1.165) is 32.0 Å². The molecule has 5 rings (SSSR count). The van der Waals surface area contributed by atoms with Crippen molar-refractivity contribution in [3.05, 3.63) is 83.4 Å². The Bertz CT molecular complexity index is 1330. The number of hydrogen-bond acceptors (Lipinski definition) is 6. The molecule has 0 unspecified atom stereocenters. The average Bonchev–Trinajstić information content (AvgIpc) is 3.45. The Hall–Kier alpha value is -3.82. The van der Waals surface area contributed by atoms with E-state index in [1.165, 1.54) is 24.3 Å². The van der Waals surface area contributed by atoms with Gasteiger partial charge in [-0.2, -0.15) is 0 Å². The maximum Gasteiger partial charge on any atom is 0.292 e. The monoisotopic (exact) mass is 522 g/mol. The Morgan fingerprint density at radius 1 is 0.947 bits per heavy atom. The van der Waals surface area contributed by atoms with Gasteiger partial charge in [-0.1, -0.05) is 30.3 Å². The van der Waals surface area contributed by atoms with Crippen LogP contribution in [-0.2, 0) is 4.79 Å². The van der Waals surface area contributed by atoms with Gasteiger partial charge >= 0.3 is 0 Å². The van der Waals surface area contributed by atoms with Crippen LogP contribution in [-0.4, -0.2) is 60.6 Å². The van der Waals surface area contributed by atoms with Gasteiger partial charge in [-0.25, -0.2) is 8.78 Å². The summed E-state index contributed by atoms with van der Waals surface area (Å²) < 4.78 is 38.8. The third kappa shape index (κ3) is 5.69. The molecule has 9 heteroatoms. The third-order valence-corrected chi connectivity index (χ3v) is 6.82. The maximum atomic E-state index is 14.7. The fraction of sp³-hybridized carbons (Fsp3) is 0.310. The number of amides is 1. The number of hydrogen-bond donors (Lipinski definition) is 2. The minimum Gasteiger partial charge on any atom is -0.486 e. The largest absolute Gasteiger partial charge is 0.486 e. The predicted molar refractivity (Wildman–Crippen MR) is 136 cm³/mol. The molecule has 38 heavy (non-hydrogen) atoms. The first-order valence-corrected chi connectivity index (χ1v) is 12.6. The van der Waals surface area contributed by atoms with Crippen LogP contribution in [0.25, 0.3) is 11.1 Å². The van der Waals surface area contributed by atoms with Crippen molar-refractivity contribution >= 4 is 11.7 Å². The number of rotatable bonds is 8. The standard InChI is InChI=1S/C29H28F2N2O5/c30-22-8-6-18(7-9-22)19-4-3-5-20(14-19)27(35)29(36)32-24(17-33-10-1-2-11-33)26(34)21-15-23(31)28-25(16-21)37-12-13-38-28/h3-9,14-16,24,26,34H,1-2,10-13,17H2,(H,32,36)/t24-,26+/m1/s1. The van der Waals surface area contributed by atoms with Gasteiger partial charge in [0, 0.05) is 12.1 Å². The fourth-order valence-electron chi connectivity index (χ4n) is 4.85. The zero-order chi connectivity index (χ0) is 26.6. The van der Waals surface area contributed by atoms with Crippen molar-refractivity contribution < 1.29 is 33.0 Å². The van der Waals surface area contributed by atoms with Crippen LogP contribution in [0.5, 0.6) is 11.5 Å². The molecule has 0 radical (unpaired) electrons. The van der Waals surface area contributed by atoms with Crippen molar-refractivity contribution in [1.82, 2.24) is 10.2 Å². The number of benzene rings is 3. The van der Waals surface area contributed by atoms with E-state index in [1.54, 1.807) is 30.3 Å². The summed E-state index contributed by atoms with van der Waals surface area (Å²) in [6.07, 6.45) is 0.679. The van der Waals surface area contributed by atoms with Crippen LogP contribution in [0.2, 0.25) is 0 Å². The second-order valence-electron chi connectivity index (χ2n) is 9.48. The molecular formula is C29H28F2N2O5. The molecule has 0 saturated carbocycles. The molecule has 1 fully saturated rings. The molecule has 1 amide bonds.